The predicted octanol–water partition coefficient (Wildman–Crippen LogP) is 5.53. The quantitative estimate of drug-likeness (QED) is 0.258. The molecular weight excluding hydrogens is 573 g/mol. The minimum absolute atomic E-state index is 0.0115. The minimum atomic E-state index is -4.17. The third-order valence-corrected chi connectivity index (χ3v) is 8.70. The molecule has 0 aliphatic rings. The van der Waals surface area contributed by atoms with Crippen LogP contribution < -0.4 is 14.4 Å². The van der Waals surface area contributed by atoms with Crippen molar-refractivity contribution in [3.8, 4) is 5.75 Å². The summed E-state index contributed by atoms with van der Waals surface area (Å²) < 4.78 is 33.8. The normalized spacial score (nSPS) is 11.9. The van der Waals surface area contributed by atoms with Crippen LogP contribution in [0.4, 0.5) is 5.69 Å². The van der Waals surface area contributed by atoms with E-state index >= 15 is 0 Å². The van der Waals surface area contributed by atoms with E-state index < -0.39 is 28.5 Å². The number of para-hydroxylation sites is 1. The van der Waals surface area contributed by atoms with Gasteiger partial charge in [-0.05, 0) is 67.4 Å². The Labute approximate surface area is 245 Å². The minimum Gasteiger partial charge on any atom is -0.497 e. The van der Waals surface area contributed by atoms with Gasteiger partial charge in [0.2, 0.25) is 11.8 Å². The highest BCUT2D eigenvalue weighted by atomic mass is 35.5. The number of unbranched alkanes of at least 4 members (excludes halogenated alkanes) is 1. The Kier molecular flexibility index (Phi) is 11.2. The number of nitrogens with one attached hydrogen (secondary N) is 1. The number of methoxy groups -OCH3 is 1. The smallest absolute Gasteiger partial charge is 0.264 e. The van der Waals surface area contributed by atoms with Crippen LogP contribution in [0.2, 0.25) is 10.0 Å². The molecular formula is C29H33Cl2N3O5S. The molecule has 1 N–H and O–H groups in total. The molecule has 0 radical (unpaired) electrons. The molecule has 0 unspecified atom stereocenters. The number of amides is 2. The number of ether oxygens (including phenoxy) is 1. The van der Waals surface area contributed by atoms with Crippen LogP contribution in [0.25, 0.3) is 0 Å². The lowest BCUT2D eigenvalue weighted by Gasteiger charge is -2.32. The SMILES string of the molecule is CCCCNC(=O)[C@H](C)N(Cc1ccc(Cl)cc1Cl)C(=O)CN(c1ccccc1)S(=O)(=O)c1ccc(OC)cc1. The second-order valence-corrected chi connectivity index (χ2v) is 11.8. The van der Waals surface area contributed by atoms with Gasteiger partial charge in [-0.25, -0.2) is 8.42 Å². The molecule has 0 aliphatic heterocycles. The van der Waals surface area contributed by atoms with E-state index in [1.165, 1.54) is 36.3 Å². The van der Waals surface area contributed by atoms with Crippen LogP contribution >= 0.6 is 23.2 Å². The molecule has 3 aromatic rings. The zero-order chi connectivity index (χ0) is 29.3. The molecule has 0 spiro atoms. The predicted molar refractivity (Wildman–Crippen MR) is 158 cm³/mol. The van der Waals surface area contributed by atoms with Crippen LogP contribution in [-0.2, 0) is 26.2 Å². The Morgan fingerprint density at radius 3 is 2.27 bits per heavy atom. The van der Waals surface area contributed by atoms with E-state index in [-0.39, 0.29) is 17.3 Å². The average molecular weight is 607 g/mol. The summed E-state index contributed by atoms with van der Waals surface area (Å²) in [6.07, 6.45) is 1.68. The molecule has 1 atom stereocenters. The van der Waals surface area contributed by atoms with Crippen molar-refractivity contribution in [1.29, 1.82) is 0 Å². The Morgan fingerprint density at radius 2 is 1.68 bits per heavy atom. The van der Waals surface area contributed by atoms with Crippen molar-refractivity contribution < 1.29 is 22.7 Å². The van der Waals surface area contributed by atoms with Crippen LogP contribution in [0.15, 0.2) is 77.7 Å². The zero-order valence-electron chi connectivity index (χ0n) is 22.6. The van der Waals surface area contributed by atoms with Gasteiger partial charge in [0.25, 0.3) is 10.0 Å². The number of nitrogens with zero attached hydrogens (tertiary/aromatic N) is 2. The summed E-state index contributed by atoms with van der Waals surface area (Å²) in [4.78, 5) is 28.3. The van der Waals surface area contributed by atoms with Crippen LogP contribution in [0.3, 0.4) is 0 Å². The Balaban J connectivity index is 1.99. The largest absolute Gasteiger partial charge is 0.497 e. The number of carbonyl (C=O) groups excluding carboxylic acids is 2. The lowest BCUT2D eigenvalue weighted by Crippen LogP contribution is -2.51. The first-order chi connectivity index (χ1) is 19.1. The summed E-state index contributed by atoms with van der Waals surface area (Å²) in [5.74, 6) is -0.434. The fourth-order valence-electron chi connectivity index (χ4n) is 3.95. The van der Waals surface area contributed by atoms with Gasteiger partial charge in [0.05, 0.1) is 17.7 Å². The van der Waals surface area contributed by atoms with Gasteiger partial charge in [-0.3, -0.25) is 13.9 Å². The summed E-state index contributed by atoms with van der Waals surface area (Å²) >= 11 is 12.5. The Morgan fingerprint density at radius 1 is 1.00 bits per heavy atom. The van der Waals surface area contributed by atoms with Gasteiger partial charge in [-0.15, -0.1) is 0 Å². The van der Waals surface area contributed by atoms with E-state index in [4.69, 9.17) is 27.9 Å². The van der Waals surface area contributed by atoms with Gasteiger partial charge in [0.1, 0.15) is 18.3 Å². The maximum absolute atomic E-state index is 13.9. The first-order valence-electron chi connectivity index (χ1n) is 12.8. The van der Waals surface area contributed by atoms with Gasteiger partial charge >= 0.3 is 0 Å². The highest BCUT2D eigenvalue weighted by Crippen LogP contribution is 2.27. The molecule has 11 heteroatoms. The third-order valence-electron chi connectivity index (χ3n) is 6.32. The number of halogens is 2. The molecule has 0 fully saturated rings. The Hall–Kier alpha value is -3.27. The zero-order valence-corrected chi connectivity index (χ0v) is 25.0. The molecule has 3 rings (SSSR count). The van der Waals surface area contributed by atoms with Gasteiger partial charge in [0.15, 0.2) is 0 Å². The van der Waals surface area contributed by atoms with E-state index in [9.17, 15) is 18.0 Å². The monoisotopic (exact) mass is 605 g/mol. The molecule has 0 bridgehead atoms. The molecule has 0 aliphatic carbocycles. The van der Waals surface area contributed by atoms with Gasteiger partial charge in [0, 0.05) is 23.1 Å². The molecule has 0 aromatic heterocycles. The molecule has 8 nitrogen and oxygen atoms in total. The summed E-state index contributed by atoms with van der Waals surface area (Å²) in [5.41, 5.74) is 0.869. The van der Waals surface area contributed by atoms with E-state index in [2.05, 4.69) is 5.32 Å². The number of hydrogen-bond donors (Lipinski definition) is 1. The van der Waals surface area contributed by atoms with Crippen LogP contribution in [0.1, 0.15) is 32.3 Å². The van der Waals surface area contributed by atoms with Crippen LogP contribution in [-0.4, -0.2) is 51.4 Å². The van der Waals surface area contributed by atoms with E-state index in [0.29, 0.717) is 33.6 Å². The van der Waals surface area contributed by atoms with Crippen molar-refractivity contribution in [2.75, 3.05) is 24.5 Å². The second-order valence-electron chi connectivity index (χ2n) is 9.10. The third kappa shape index (κ3) is 7.90. The maximum Gasteiger partial charge on any atom is 0.264 e. The number of anilines is 1. The topological polar surface area (TPSA) is 96.0 Å². The Bertz CT molecular complexity index is 1400. The standard InChI is InChI=1S/C29H33Cl2N3O5S/c1-4-5-17-32-29(36)21(2)33(19-22-11-12-23(30)18-27(22)31)28(35)20-34(24-9-7-6-8-10-24)40(37,38)26-15-13-25(39-3)14-16-26/h6-16,18,21H,4-5,17,19-20H2,1-3H3,(H,32,36)/t21-/m0/s1. The highest BCUT2D eigenvalue weighted by molar-refractivity contribution is 7.92. The number of benzene rings is 3. The van der Waals surface area contributed by atoms with Crippen molar-refractivity contribution in [1.82, 2.24) is 10.2 Å². The van der Waals surface area contributed by atoms with Crippen molar-refractivity contribution >= 4 is 50.7 Å². The molecule has 214 valence electrons. The summed E-state index contributed by atoms with van der Waals surface area (Å²) in [6, 6.07) is 18.2. The van der Waals surface area contributed by atoms with Crippen molar-refractivity contribution in [3.63, 3.8) is 0 Å². The van der Waals surface area contributed by atoms with E-state index in [1.54, 1.807) is 55.5 Å². The number of rotatable bonds is 13. The summed E-state index contributed by atoms with van der Waals surface area (Å²) in [5, 5.41) is 3.61. The van der Waals surface area contributed by atoms with Crippen LogP contribution in [0.5, 0.6) is 5.75 Å². The molecule has 0 saturated heterocycles. The molecule has 0 saturated carbocycles. The van der Waals surface area contributed by atoms with Gasteiger partial charge < -0.3 is 15.0 Å². The van der Waals surface area contributed by atoms with Crippen molar-refractivity contribution in [2.45, 2.75) is 44.2 Å². The summed E-state index contributed by atoms with van der Waals surface area (Å²) in [7, 11) is -2.69. The van der Waals surface area contributed by atoms with Gasteiger partial charge in [-0.2, -0.15) is 0 Å². The lowest BCUT2D eigenvalue weighted by molar-refractivity contribution is -0.139. The number of carbonyl (C=O) groups is 2. The lowest BCUT2D eigenvalue weighted by atomic mass is 10.1. The molecule has 40 heavy (non-hydrogen) atoms. The van der Waals surface area contributed by atoms with Crippen molar-refractivity contribution in [3.05, 3.63) is 88.4 Å². The summed E-state index contributed by atoms with van der Waals surface area (Å²) in [6.45, 7) is 3.51. The van der Waals surface area contributed by atoms with Gasteiger partial charge in [-0.1, -0.05) is 60.8 Å². The fraction of sp³-hybridized carbons (Fsp3) is 0.310. The van der Waals surface area contributed by atoms with E-state index in [1.807, 2.05) is 6.92 Å². The first-order valence-corrected chi connectivity index (χ1v) is 15.0. The molecule has 3 aromatic carbocycles. The van der Waals surface area contributed by atoms with Crippen LogP contribution in [0, 0.1) is 0 Å². The maximum atomic E-state index is 13.9. The number of sulfonamides is 1. The first kappa shape index (κ1) is 31.3. The number of hydrogen-bond acceptors (Lipinski definition) is 5. The van der Waals surface area contributed by atoms with E-state index in [0.717, 1.165) is 17.1 Å². The second kappa shape index (κ2) is 14.4. The van der Waals surface area contributed by atoms with Crippen molar-refractivity contribution in [2.24, 2.45) is 0 Å². The molecule has 2 amide bonds. The average Bonchev–Trinajstić information content (AvgIpc) is 2.95. The highest BCUT2D eigenvalue weighted by Gasteiger charge is 2.32. The fourth-order valence-corrected chi connectivity index (χ4v) is 5.83. The molecule has 0 heterocycles.